The smallest absolute Gasteiger partial charge is 0.310 e. The largest absolute Gasteiger partial charge is 0.408 e. The van der Waals surface area contributed by atoms with Crippen molar-refractivity contribution in [3.63, 3.8) is 0 Å². The zero-order valence-corrected chi connectivity index (χ0v) is 27.2. The van der Waals surface area contributed by atoms with Gasteiger partial charge in [0.05, 0.1) is 6.04 Å². The Hall–Kier alpha value is -4.30. The minimum atomic E-state index is -1.58. The molecule has 0 fully saturated rings. The molecule has 0 radical (unpaired) electrons. The van der Waals surface area contributed by atoms with Crippen LogP contribution >= 0.6 is 8.16 Å². The molecule has 4 heteroatoms. The van der Waals surface area contributed by atoms with E-state index < -0.39 is 8.16 Å². The number of hydrogen-bond donors (Lipinski definition) is 0. The average Bonchev–Trinajstić information content (AvgIpc) is 3.15. The van der Waals surface area contributed by atoms with Gasteiger partial charge in [0, 0.05) is 16.8 Å². The first-order valence-electron chi connectivity index (χ1n) is 15.4. The van der Waals surface area contributed by atoms with Gasteiger partial charge in [0.25, 0.3) is 0 Å². The van der Waals surface area contributed by atoms with E-state index in [0.29, 0.717) is 0 Å². The Kier molecular flexibility index (Phi) is 7.33. The van der Waals surface area contributed by atoms with Crippen molar-refractivity contribution in [1.82, 2.24) is 0 Å². The molecule has 0 bridgehead atoms. The summed E-state index contributed by atoms with van der Waals surface area (Å²) < 4.78 is 16.7. The molecule has 0 spiro atoms. The highest BCUT2D eigenvalue weighted by Crippen LogP contribution is 2.47. The lowest BCUT2D eigenvalue weighted by atomic mass is 9.93. The molecule has 0 aliphatic carbocycles. The normalized spacial score (nSPS) is 12.0. The van der Waals surface area contributed by atoms with Crippen molar-refractivity contribution in [2.75, 3.05) is 4.67 Å². The number of fused-ring (bicyclic) bond motifs is 7. The van der Waals surface area contributed by atoms with Crippen molar-refractivity contribution in [3.05, 3.63) is 143 Å². The Morgan fingerprint density at radius 2 is 0.932 bits per heavy atom. The summed E-state index contributed by atoms with van der Waals surface area (Å²) in [6.07, 6.45) is 0. The minimum absolute atomic E-state index is 0.0655. The summed E-state index contributed by atoms with van der Waals surface area (Å²) in [5.74, 6) is 0. The highest BCUT2D eigenvalue weighted by atomic mass is 31.1. The van der Waals surface area contributed by atoms with Gasteiger partial charge in [-0.05, 0) is 86.3 Å². The molecule has 7 rings (SSSR count). The van der Waals surface area contributed by atoms with Crippen molar-refractivity contribution in [2.45, 2.75) is 53.6 Å². The molecule has 0 N–H and O–H groups in total. The molecule has 0 atom stereocenters. The van der Waals surface area contributed by atoms with Crippen LogP contribution in [0.3, 0.4) is 0 Å². The zero-order valence-electron chi connectivity index (χ0n) is 26.3. The first-order valence-corrected chi connectivity index (χ1v) is 16.5. The second-order valence-electron chi connectivity index (χ2n) is 12.5. The maximum absolute atomic E-state index is 7.13. The van der Waals surface area contributed by atoms with Crippen molar-refractivity contribution in [2.24, 2.45) is 0 Å². The summed E-state index contributed by atoms with van der Waals surface area (Å²) in [6.45, 7) is 13.2. The summed E-state index contributed by atoms with van der Waals surface area (Å²) in [6, 6.07) is 39.6. The van der Waals surface area contributed by atoms with Gasteiger partial charge in [0.15, 0.2) is 0 Å². The molecule has 1 heterocycles. The average molecular weight is 596 g/mol. The molecule has 7 aromatic rings. The number of hydrogen-bond acceptors (Lipinski definition) is 3. The number of aryl methyl sites for hydroxylation is 4. The van der Waals surface area contributed by atoms with Crippen LogP contribution in [0.1, 0.15) is 53.3 Å². The minimum Gasteiger partial charge on any atom is -0.408 e. The first-order chi connectivity index (χ1) is 21.3. The SMILES string of the molecule is Cc1cc(C)cc(C(c2cc(C)cc(C)c2)N(C(C)C)p2oc3ccc4ccccc4c3c3c(ccc4ccccc43)o2)c1. The third-order valence-corrected chi connectivity index (χ3v) is 10.3. The van der Waals surface area contributed by atoms with Gasteiger partial charge in [-0.25, -0.2) is 0 Å². The van der Waals surface area contributed by atoms with Gasteiger partial charge in [-0.1, -0.05) is 119 Å². The molecule has 0 saturated heterocycles. The van der Waals surface area contributed by atoms with Crippen LogP contribution in [0.15, 0.2) is 118 Å². The van der Waals surface area contributed by atoms with Gasteiger partial charge in [0.1, 0.15) is 11.2 Å². The lowest BCUT2D eigenvalue weighted by molar-refractivity contribution is 0.575. The quantitative estimate of drug-likeness (QED) is 0.198. The lowest BCUT2D eigenvalue weighted by Crippen LogP contribution is -2.33. The van der Waals surface area contributed by atoms with Crippen LogP contribution < -0.4 is 4.67 Å². The van der Waals surface area contributed by atoms with E-state index in [0.717, 1.165) is 21.9 Å². The second kappa shape index (κ2) is 11.3. The van der Waals surface area contributed by atoms with Crippen LogP contribution in [0.2, 0.25) is 0 Å². The van der Waals surface area contributed by atoms with Crippen molar-refractivity contribution < 1.29 is 8.39 Å². The fourth-order valence-electron chi connectivity index (χ4n) is 6.87. The van der Waals surface area contributed by atoms with Gasteiger partial charge in [0.2, 0.25) is 0 Å². The van der Waals surface area contributed by atoms with E-state index >= 15 is 0 Å². The third kappa shape index (κ3) is 5.11. The molecular formula is C40H38NO2P. The topological polar surface area (TPSA) is 29.5 Å². The summed E-state index contributed by atoms with van der Waals surface area (Å²) in [4.78, 5) is 0. The third-order valence-electron chi connectivity index (χ3n) is 8.49. The monoisotopic (exact) mass is 595 g/mol. The summed E-state index contributed by atoms with van der Waals surface area (Å²) in [7, 11) is -1.58. The predicted molar refractivity (Wildman–Crippen MR) is 188 cm³/mol. The predicted octanol–water partition coefficient (Wildman–Crippen LogP) is 12.0. The van der Waals surface area contributed by atoms with Gasteiger partial charge < -0.3 is 8.39 Å². The molecule has 220 valence electrons. The Morgan fingerprint density at radius 1 is 0.523 bits per heavy atom. The Balaban J connectivity index is 1.62. The van der Waals surface area contributed by atoms with Crippen LogP contribution in [-0.4, -0.2) is 6.04 Å². The first kappa shape index (κ1) is 28.5. The number of nitrogens with zero attached hydrogens (tertiary/aromatic N) is 1. The van der Waals surface area contributed by atoms with Crippen LogP contribution in [0.4, 0.5) is 0 Å². The van der Waals surface area contributed by atoms with Crippen LogP contribution in [-0.2, 0) is 0 Å². The molecule has 0 amide bonds. The van der Waals surface area contributed by atoms with E-state index in [2.05, 4.69) is 155 Å². The highest BCUT2D eigenvalue weighted by molar-refractivity contribution is 7.39. The highest BCUT2D eigenvalue weighted by Gasteiger charge is 2.31. The zero-order chi connectivity index (χ0) is 30.5. The standard InChI is InChI=1S/C40H38NO2P/c1-25(2)41(40(32-21-26(3)19-27(4)22-32)33-23-28(5)20-29(6)24-33)44-42-36-17-15-30-11-7-9-13-34(30)38(36)39-35-14-10-8-12-31(35)16-18-37(39)43-44/h7-25,40H,1-6H3. The van der Waals surface area contributed by atoms with Gasteiger partial charge in [-0.15, -0.1) is 0 Å². The van der Waals surface area contributed by atoms with Gasteiger partial charge in [-0.3, -0.25) is 0 Å². The molecule has 6 aromatic carbocycles. The van der Waals surface area contributed by atoms with E-state index in [1.54, 1.807) is 0 Å². The number of benzene rings is 6. The molecule has 0 saturated carbocycles. The number of rotatable bonds is 5. The van der Waals surface area contributed by atoms with E-state index in [4.69, 9.17) is 8.39 Å². The molecule has 0 unspecified atom stereocenters. The summed E-state index contributed by atoms with van der Waals surface area (Å²) >= 11 is 0. The maximum Gasteiger partial charge on any atom is 0.310 e. The van der Waals surface area contributed by atoms with E-state index in [-0.39, 0.29) is 12.1 Å². The molecular weight excluding hydrogens is 557 g/mol. The van der Waals surface area contributed by atoms with E-state index in [1.807, 2.05) is 0 Å². The Labute approximate surface area is 260 Å². The van der Waals surface area contributed by atoms with Crippen LogP contribution in [0.25, 0.3) is 43.5 Å². The van der Waals surface area contributed by atoms with Crippen LogP contribution in [0, 0.1) is 27.7 Å². The fraction of sp³-hybridized carbons (Fsp3) is 0.200. The lowest BCUT2D eigenvalue weighted by Gasteiger charge is -2.33. The molecule has 0 aliphatic rings. The summed E-state index contributed by atoms with van der Waals surface area (Å²) in [5, 5.41) is 6.89. The van der Waals surface area contributed by atoms with Gasteiger partial charge >= 0.3 is 8.16 Å². The molecule has 3 nitrogen and oxygen atoms in total. The van der Waals surface area contributed by atoms with E-state index in [9.17, 15) is 0 Å². The Morgan fingerprint density at radius 3 is 1.34 bits per heavy atom. The second-order valence-corrected chi connectivity index (χ2v) is 13.8. The van der Waals surface area contributed by atoms with Crippen LogP contribution in [0.5, 0.6) is 0 Å². The Bertz CT molecular complexity index is 2040. The van der Waals surface area contributed by atoms with E-state index in [1.165, 1.54) is 54.9 Å². The van der Waals surface area contributed by atoms with Crippen molar-refractivity contribution >= 4 is 51.6 Å². The molecule has 0 aliphatic heterocycles. The van der Waals surface area contributed by atoms with Crippen molar-refractivity contribution in [1.29, 1.82) is 0 Å². The molecule has 1 aromatic heterocycles. The van der Waals surface area contributed by atoms with Crippen molar-refractivity contribution in [3.8, 4) is 0 Å². The molecule has 44 heavy (non-hydrogen) atoms. The summed E-state index contributed by atoms with van der Waals surface area (Å²) in [5.41, 5.74) is 9.22. The van der Waals surface area contributed by atoms with Gasteiger partial charge in [-0.2, -0.15) is 4.67 Å². The fourth-order valence-corrected chi connectivity index (χ4v) is 8.57. The maximum atomic E-state index is 7.13.